The number of fused-ring (bicyclic) bond motifs is 1. The van der Waals surface area contributed by atoms with E-state index in [-0.39, 0.29) is 35.9 Å². The molecule has 0 saturated carbocycles. The summed E-state index contributed by atoms with van der Waals surface area (Å²) in [5.74, 6) is -1.34. The molecule has 1 aromatic carbocycles. The largest absolute Gasteiger partial charge is 0.480 e. The van der Waals surface area contributed by atoms with Crippen molar-refractivity contribution in [1.82, 2.24) is 9.80 Å². The highest BCUT2D eigenvalue weighted by Gasteiger charge is 2.47. The highest BCUT2D eigenvalue weighted by atomic mass is 16.4. The molecule has 2 fully saturated rings. The molecule has 0 radical (unpaired) electrons. The fraction of sp³-hybridized carbons (Fsp3) is 0.474. The third-order valence-electron chi connectivity index (χ3n) is 5.66. The molecule has 0 spiro atoms. The van der Waals surface area contributed by atoms with Gasteiger partial charge in [-0.3, -0.25) is 14.6 Å². The zero-order chi connectivity index (χ0) is 19.1. The molecule has 3 atom stereocenters. The Morgan fingerprint density at radius 1 is 1.22 bits per heavy atom. The molecule has 3 aliphatic rings. The van der Waals surface area contributed by atoms with Gasteiger partial charge in [-0.05, 0) is 25.0 Å². The van der Waals surface area contributed by atoms with Gasteiger partial charge < -0.3 is 14.9 Å². The van der Waals surface area contributed by atoms with Gasteiger partial charge in [0.05, 0.1) is 17.6 Å². The topological polar surface area (TPSA) is 93.5 Å². The summed E-state index contributed by atoms with van der Waals surface area (Å²) in [4.78, 5) is 40.5. The van der Waals surface area contributed by atoms with Gasteiger partial charge in [0.1, 0.15) is 5.71 Å². The molecule has 1 aromatic rings. The summed E-state index contributed by atoms with van der Waals surface area (Å²) in [6.07, 6.45) is 1.61. The molecule has 2 amide bonds. The molecule has 4 rings (SSSR count). The van der Waals surface area contributed by atoms with E-state index in [1.165, 1.54) is 5.01 Å². The molecule has 0 aliphatic carbocycles. The van der Waals surface area contributed by atoms with Crippen molar-refractivity contribution >= 4 is 29.2 Å². The average Bonchev–Trinajstić information content (AvgIpc) is 3.24. The number of carboxylic acid groups (broad SMARTS) is 1. The average molecular weight is 370 g/mol. The van der Waals surface area contributed by atoms with E-state index in [1.807, 2.05) is 6.07 Å². The number of para-hydroxylation sites is 1. The summed E-state index contributed by atoms with van der Waals surface area (Å²) in [7, 11) is 1.76. The van der Waals surface area contributed by atoms with Crippen LogP contribution in [0.2, 0.25) is 0 Å². The van der Waals surface area contributed by atoms with Crippen LogP contribution in [-0.2, 0) is 14.4 Å². The van der Waals surface area contributed by atoms with Crippen molar-refractivity contribution in [3.05, 3.63) is 30.3 Å². The Hall–Kier alpha value is -2.90. The van der Waals surface area contributed by atoms with Gasteiger partial charge in [0, 0.05) is 26.6 Å². The Bertz CT molecular complexity index is 809. The van der Waals surface area contributed by atoms with Crippen molar-refractivity contribution < 1.29 is 19.5 Å². The lowest BCUT2D eigenvalue weighted by atomic mass is 9.91. The summed E-state index contributed by atoms with van der Waals surface area (Å²) >= 11 is 0. The molecule has 1 unspecified atom stereocenters. The van der Waals surface area contributed by atoms with Crippen molar-refractivity contribution in [2.45, 2.75) is 31.3 Å². The third kappa shape index (κ3) is 2.94. The monoisotopic (exact) mass is 370 g/mol. The zero-order valence-corrected chi connectivity index (χ0v) is 15.1. The van der Waals surface area contributed by atoms with E-state index in [1.54, 1.807) is 41.1 Å². The van der Waals surface area contributed by atoms with E-state index >= 15 is 0 Å². The number of hydrogen-bond donors (Lipinski definition) is 1. The number of hydrogen-bond acceptors (Lipinski definition) is 5. The second-order valence-corrected chi connectivity index (χ2v) is 7.32. The van der Waals surface area contributed by atoms with Crippen LogP contribution in [0.15, 0.2) is 35.4 Å². The molecule has 3 aliphatic heterocycles. The van der Waals surface area contributed by atoms with Crippen LogP contribution in [0.25, 0.3) is 0 Å². The molecular weight excluding hydrogens is 348 g/mol. The van der Waals surface area contributed by atoms with Crippen molar-refractivity contribution in [3.8, 4) is 0 Å². The number of likely N-dealkylation sites (N-methyl/N-ethyl adjacent to an activating group) is 1. The van der Waals surface area contributed by atoms with Gasteiger partial charge >= 0.3 is 5.97 Å². The molecule has 1 N–H and O–H groups in total. The first-order valence-electron chi connectivity index (χ1n) is 9.18. The predicted molar refractivity (Wildman–Crippen MR) is 98.3 cm³/mol. The number of benzene rings is 1. The number of nitrogens with zero attached hydrogens (tertiary/aromatic N) is 4. The number of rotatable bonds is 3. The summed E-state index contributed by atoms with van der Waals surface area (Å²) in [6.45, 7) is 1.09. The van der Waals surface area contributed by atoms with E-state index < -0.39 is 12.0 Å². The van der Waals surface area contributed by atoms with Crippen molar-refractivity contribution in [2.24, 2.45) is 11.0 Å². The number of piperidine rings is 1. The van der Waals surface area contributed by atoms with Crippen LogP contribution < -0.4 is 5.01 Å². The van der Waals surface area contributed by atoms with Gasteiger partial charge in [0.25, 0.3) is 5.91 Å². The van der Waals surface area contributed by atoms with E-state index in [4.69, 9.17) is 0 Å². The minimum atomic E-state index is -1.02. The van der Waals surface area contributed by atoms with Crippen molar-refractivity contribution in [1.29, 1.82) is 0 Å². The Balaban J connectivity index is 1.60. The first kappa shape index (κ1) is 17.5. The molecular formula is C19H22N4O4. The van der Waals surface area contributed by atoms with Gasteiger partial charge in [0.2, 0.25) is 5.91 Å². The Labute approximate surface area is 157 Å². The number of likely N-dealkylation sites (tertiary alicyclic amines) is 2. The van der Waals surface area contributed by atoms with Gasteiger partial charge in [-0.15, -0.1) is 0 Å². The molecule has 0 bridgehead atoms. The maximum absolute atomic E-state index is 13.1. The van der Waals surface area contributed by atoms with Crippen LogP contribution in [0.5, 0.6) is 0 Å². The summed E-state index contributed by atoms with van der Waals surface area (Å²) in [6, 6.07) is 7.94. The Morgan fingerprint density at radius 2 is 1.96 bits per heavy atom. The van der Waals surface area contributed by atoms with Crippen LogP contribution in [0.3, 0.4) is 0 Å². The Morgan fingerprint density at radius 3 is 2.67 bits per heavy atom. The van der Waals surface area contributed by atoms with Gasteiger partial charge in [0.15, 0.2) is 6.04 Å². The number of carbonyl (C=O) groups excluding carboxylic acids is 2. The number of carbonyl (C=O) groups is 3. The summed E-state index contributed by atoms with van der Waals surface area (Å²) < 4.78 is 0. The molecule has 8 heteroatoms. The first-order chi connectivity index (χ1) is 13.0. The predicted octanol–water partition coefficient (Wildman–Crippen LogP) is 0.785. The molecule has 8 nitrogen and oxygen atoms in total. The first-order valence-corrected chi connectivity index (χ1v) is 9.18. The Kier molecular flexibility index (Phi) is 4.33. The van der Waals surface area contributed by atoms with E-state index in [2.05, 4.69) is 5.10 Å². The van der Waals surface area contributed by atoms with Gasteiger partial charge in [-0.25, -0.2) is 4.79 Å². The zero-order valence-electron chi connectivity index (χ0n) is 15.1. The molecule has 2 saturated heterocycles. The van der Waals surface area contributed by atoms with Crippen LogP contribution in [0, 0.1) is 5.92 Å². The van der Waals surface area contributed by atoms with Crippen molar-refractivity contribution in [3.63, 3.8) is 0 Å². The third-order valence-corrected chi connectivity index (χ3v) is 5.66. The minimum absolute atomic E-state index is 0.0563. The van der Waals surface area contributed by atoms with E-state index in [0.717, 1.165) is 12.8 Å². The van der Waals surface area contributed by atoms with E-state index in [9.17, 15) is 19.5 Å². The minimum Gasteiger partial charge on any atom is -0.480 e. The molecule has 3 heterocycles. The van der Waals surface area contributed by atoms with Gasteiger partial charge in [-0.2, -0.15) is 5.10 Å². The highest BCUT2D eigenvalue weighted by Crippen LogP contribution is 2.32. The molecule has 27 heavy (non-hydrogen) atoms. The molecule has 0 aromatic heterocycles. The number of amides is 2. The fourth-order valence-electron chi connectivity index (χ4n) is 4.29. The smallest absolute Gasteiger partial charge is 0.328 e. The number of carboxylic acids is 1. The summed E-state index contributed by atoms with van der Waals surface area (Å²) in [5.41, 5.74) is 0.883. The lowest BCUT2D eigenvalue weighted by Gasteiger charge is -2.35. The number of hydrazone groups is 1. The van der Waals surface area contributed by atoms with Gasteiger partial charge in [-0.1, -0.05) is 18.2 Å². The van der Waals surface area contributed by atoms with Crippen LogP contribution in [0.4, 0.5) is 5.69 Å². The van der Waals surface area contributed by atoms with E-state index in [0.29, 0.717) is 18.8 Å². The van der Waals surface area contributed by atoms with Crippen LogP contribution in [-0.4, -0.2) is 70.6 Å². The second-order valence-electron chi connectivity index (χ2n) is 7.32. The lowest BCUT2D eigenvalue weighted by Crippen LogP contribution is -2.51. The maximum Gasteiger partial charge on any atom is 0.328 e. The standard InChI is InChI=1S/C19H22N4O4/c1-21-11-16-13(17(21)24)8-5-9-22(16)18(25)14-10-15(19(26)27)23(20-14)12-6-3-2-4-7-12/h2-4,6-7,13,15-16H,5,8-11H2,1H3,(H,26,27)/t13-,15?,16-/m1/s1. The SMILES string of the molecule is CN1C[C@@H]2[C@@H](CCCN2C(=O)C2=NN(c3ccccc3)C(C(=O)O)C2)C1=O. The number of aliphatic carboxylic acids is 1. The quantitative estimate of drug-likeness (QED) is 0.849. The maximum atomic E-state index is 13.1. The molecule has 142 valence electrons. The van der Waals surface area contributed by atoms with Crippen molar-refractivity contribution in [2.75, 3.05) is 25.1 Å². The number of anilines is 1. The normalized spacial score (nSPS) is 27.6. The van der Waals surface area contributed by atoms with Crippen LogP contribution in [0.1, 0.15) is 19.3 Å². The fourth-order valence-corrected chi connectivity index (χ4v) is 4.29. The highest BCUT2D eigenvalue weighted by molar-refractivity contribution is 6.40. The lowest BCUT2D eigenvalue weighted by molar-refractivity contribution is -0.138. The second kappa shape index (κ2) is 6.68. The summed E-state index contributed by atoms with van der Waals surface area (Å²) in [5, 5.41) is 15.4. The van der Waals surface area contributed by atoms with Crippen LogP contribution >= 0.6 is 0 Å².